The summed E-state index contributed by atoms with van der Waals surface area (Å²) in [6, 6.07) is 3.80. The highest BCUT2D eigenvalue weighted by atomic mass is 16.5. The predicted molar refractivity (Wildman–Crippen MR) is 104 cm³/mol. The van der Waals surface area contributed by atoms with Crippen molar-refractivity contribution in [2.45, 2.75) is 33.1 Å². The summed E-state index contributed by atoms with van der Waals surface area (Å²) >= 11 is 0. The van der Waals surface area contributed by atoms with Crippen molar-refractivity contribution in [1.82, 2.24) is 9.80 Å². The standard InChI is InChI=1S/C20H25N3O6/c1-3-10-28-15-7-6-14(12-16(15)29-11-4-2)23-19(26)18(25)22(20(23)27)13-17(24)21-8-5-9-21/h6-7,12H,3-5,8-11,13H2,1-2H3. The zero-order chi connectivity index (χ0) is 21.0. The zero-order valence-corrected chi connectivity index (χ0v) is 16.7. The van der Waals surface area contributed by atoms with E-state index < -0.39 is 24.4 Å². The lowest BCUT2D eigenvalue weighted by Crippen LogP contribution is -2.48. The zero-order valence-electron chi connectivity index (χ0n) is 16.7. The van der Waals surface area contributed by atoms with E-state index in [9.17, 15) is 19.2 Å². The van der Waals surface area contributed by atoms with Crippen LogP contribution in [-0.4, -0.2) is 66.4 Å². The number of ether oxygens (including phenoxy) is 2. The number of anilines is 1. The van der Waals surface area contributed by atoms with Crippen LogP contribution < -0.4 is 14.4 Å². The van der Waals surface area contributed by atoms with E-state index in [1.807, 2.05) is 13.8 Å². The first-order valence-electron chi connectivity index (χ1n) is 9.85. The third-order valence-corrected chi connectivity index (χ3v) is 4.66. The Morgan fingerprint density at radius 2 is 1.62 bits per heavy atom. The average Bonchev–Trinajstić information content (AvgIpc) is 2.87. The normalized spacial score (nSPS) is 16.3. The molecule has 156 valence electrons. The molecule has 0 bridgehead atoms. The van der Waals surface area contributed by atoms with Crippen LogP contribution in [0, 0.1) is 0 Å². The van der Waals surface area contributed by atoms with Gasteiger partial charge in [-0.3, -0.25) is 14.4 Å². The molecule has 9 heteroatoms. The Kier molecular flexibility index (Phi) is 6.36. The molecule has 0 saturated carbocycles. The van der Waals surface area contributed by atoms with Gasteiger partial charge >= 0.3 is 17.8 Å². The Balaban J connectivity index is 1.82. The Labute approximate surface area is 169 Å². The van der Waals surface area contributed by atoms with Crippen molar-refractivity contribution in [2.75, 3.05) is 37.7 Å². The van der Waals surface area contributed by atoms with Gasteiger partial charge in [-0.15, -0.1) is 0 Å². The van der Waals surface area contributed by atoms with E-state index in [4.69, 9.17) is 9.47 Å². The number of amides is 5. The van der Waals surface area contributed by atoms with Crippen molar-refractivity contribution in [3.05, 3.63) is 18.2 Å². The second kappa shape index (κ2) is 8.93. The Morgan fingerprint density at radius 1 is 0.966 bits per heavy atom. The first kappa shape index (κ1) is 20.6. The molecule has 2 heterocycles. The van der Waals surface area contributed by atoms with E-state index in [-0.39, 0.29) is 11.6 Å². The molecule has 0 spiro atoms. The third-order valence-electron chi connectivity index (χ3n) is 4.66. The number of imide groups is 2. The molecule has 0 atom stereocenters. The molecule has 3 rings (SSSR count). The summed E-state index contributed by atoms with van der Waals surface area (Å²) < 4.78 is 11.3. The number of nitrogens with zero attached hydrogens (tertiary/aromatic N) is 3. The van der Waals surface area contributed by atoms with Crippen LogP contribution in [0.5, 0.6) is 11.5 Å². The summed E-state index contributed by atoms with van der Waals surface area (Å²) in [4.78, 5) is 52.7. The number of hydrogen-bond acceptors (Lipinski definition) is 6. The van der Waals surface area contributed by atoms with Crippen LogP contribution in [-0.2, 0) is 14.4 Å². The van der Waals surface area contributed by atoms with Crippen LogP contribution in [0.3, 0.4) is 0 Å². The molecule has 29 heavy (non-hydrogen) atoms. The monoisotopic (exact) mass is 403 g/mol. The summed E-state index contributed by atoms with van der Waals surface area (Å²) in [6.45, 7) is 5.63. The largest absolute Gasteiger partial charge is 0.490 e. The van der Waals surface area contributed by atoms with Gasteiger partial charge in [0.2, 0.25) is 5.91 Å². The molecule has 5 amide bonds. The van der Waals surface area contributed by atoms with Gasteiger partial charge in [0.15, 0.2) is 11.5 Å². The molecule has 0 aromatic heterocycles. The molecule has 2 aliphatic rings. The number of urea groups is 1. The minimum absolute atomic E-state index is 0.196. The maximum absolute atomic E-state index is 12.7. The van der Waals surface area contributed by atoms with Crippen LogP contribution in [0.1, 0.15) is 33.1 Å². The maximum atomic E-state index is 12.7. The molecular formula is C20H25N3O6. The smallest absolute Gasteiger partial charge is 0.339 e. The number of rotatable bonds is 9. The highest BCUT2D eigenvalue weighted by Crippen LogP contribution is 2.34. The lowest BCUT2D eigenvalue weighted by Gasteiger charge is -2.31. The van der Waals surface area contributed by atoms with Gasteiger partial charge in [0.05, 0.1) is 18.9 Å². The highest BCUT2D eigenvalue weighted by Gasteiger charge is 2.46. The third kappa shape index (κ3) is 4.18. The molecule has 0 unspecified atom stereocenters. The van der Waals surface area contributed by atoms with Crippen molar-refractivity contribution in [1.29, 1.82) is 0 Å². The van der Waals surface area contributed by atoms with Crippen molar-refractivity contribution < 1.29 is 28.7 Å². The summed E-state index contributed by atoms with van der Waals surface area (Å²) in [5.41, 5.74) is 0.196. The van der Waals surface area contributed by atoms with E-state index in [0.717, 1.165) is 24.2 Å². The lowest BCUT2D eigenvalue weighted by molar-refractivity contribution is -0.143. The van der Waals surface area contributed by atoms with Crippen LogP contribution in [0.15, 0.2) is 18.2 Å². The van der Waals surface area contributed by atoms with Gasteiger partial charge in [-0.25, -0.2) is 14.6 Å². The minimum Gasteiger partial charge on any atom is -0.490 e. The fourth-order valence-corrected chi connectivity index (χ4v) is 2.97. The van der Waals surface area contributed by atoms with Gasteiger partial charge in [0.25, 0.3) is 0 Å². The van der Waals surface area contributed by atoms with Crippen LogP contribution >= 0.6 is 0 Å². The van der Waals surface area contributed by atoms with Gasteiger partial charge < -0.3 is 14.4 Å². The number of likely N-dealkylation sites (tertiary alicyclic amines) is 1. The van der Waals surface area contributed by atoms with Crippen LogP contribution in [0.4, 0.5) is 10.5 Å². The molecule has 1 aromatic rings. The Hall–Kier alpha value is -3.10. The summed E-state index contributed by atoms with van der Waals surface area (Å²) in [7, 11) is 0. The Bertz CT molecular complexity index is 820. The predicted octanol–water partition coefficient (Wildman–Crippen LogP) is 1.79. The topological polar surface area (TPSA) is 96.5 Å². The first-order chi connectivity index (χ1) is 14.0. The minimum atomic E-state index is -1.01. The maximum Gasteiger partial charge on any atom is 0.339 e. The molecular weight excluding hydrogens is 378 g/mol. The molecule has 0 aliphatic carbocycles. The van der Waals surface area contributed by atoms with E-state index in [1.165, 1.54) is 12.1 Å². The van der Waals surface area contributed by atoms with Crippen molar-refractivity contribution in [3.63, 3.8) is 0 Å². The van der Waals surface area contributed by atoms with Gasteiger partial charge in [-0.05, 0) is 31.4 Å². The van der Waals surface area contributed by atoms with Gasteiger partial charge in [-0.1, -0.05) is 13.8 Å². The van der Waals surface area contributed by atoms with E-state index >= 15 is 0 Å². The molecule has 0 radical (unpaired) electrons. The molecule has 2 saturated heterocycles. The second-order valence-corrected chi connectivity index (χ2v) is 6.88. The number of carbonyl (C=O) groups is 4. The van der Waals surface area contributed by atoms with Crippen molar-refractivity contribution >= 4 is 29.4 Å². The SMILES string of the molecule is CCCOc1ccc(N2C(=O)C(=O)N(CC(=O)N3CCC3)C2=O)cc1OCCC. The van der Waals surface area contributed by atoms with Gasteiger partial charge in [0.1, 0.15) is 6.54 Å². The van der Waals surface area contributed by atoms with E-state index in [2.05, 4.69) is 0 Å². The van der Waals surface area contributed by atoms with Gasteiger partial charge in [0, 0.05) is 19.2 Å². The fourth-order valence-electron chi connectivity index (χ4n) is 2.97. The molecule has 0 N–H and O–H groups in total. The molecule has 2 aliphatic heterocycles. The van der Waals surface area contributed by atoms with E-state index in [0.29, 0.717) is 42.7 Å². The molecule has 1 aromatic carbocycles. The number of carbonyl (C=O) groups excluding carboxylic acids is 4. The van der Waals surface area contributed by atoms with Crippen molar-refractivity contribution in [2.24, 2.45) is 0 Å². The molecule has 2 fully saturated rings. The highest BCUT2D eigenvalue weighted by molar-refractivity contribution is 6.53. The van der Waals surface area contributed by atoms with Crippen LogP contribution in [0.25, 0.3) is 0 Å². The summed E-state index contributed by atoms with van der Waals surface area (Å²) in [5.74, 6) is -1.45. The Morgan fingerprint density at radius 3 is 2.21 bits per heavy atom. The fraction of sp³-hybridized carbons (Fsp3) is 0.500. The van der Waals surface area contributed by atoms with E-state index in [1.54, 1.807) is 11.0 Å². The van der Waals surface area contributed by atoms with Crippen LogP contribution in [0.2, 0.25) is 0 Å². The first-order valence-corrected chi connectivity index (χ1v) is 9.85. The quantitative estimate of drug-likeness (QED) is 0.461. The second-order valence-electron chi connectivity index (χ2n) is 6.88. The van der Waals surface area contributed by atoms with Gasteiger partial charge in [-0.2, -0.15) is 0 Å². The summed E-state index contributed by atoms with van der Waals surface area (Å²) in [5, 5.41) is 0. The lowest BCUT2D eigenvalue weighted by atomic mass is 10.2. The summed E-state index contributed by atoms with van der Waals surface area (Å²) in [6.07, 6.45) is 2.47. The molecule has 9 nitrogen and oxygen atoms in total. The number of benzene rings is 1. The average molecular weight is 403 g/mol. The van der Waals surface area contributed by atoms with Crippen molar-refractivity contribution in [3.8, 4) is 11.5 Å². The number of hydrogen-bond donors (Lipinski definition) is 0.